The number of nitrogens with zero attached hydrogens (tertiary/aromatic N) is 2. The van der Waals surface area contributed by atoms with Crippen LogP contribution in [0.3, 0.4) is 0 Å². The number of hydrogen-bond acceptors (Lipinski definition) is 5. The number of piperidine rings is 1. The third-order valence-electron chi connectivity index (χ3n) is 4.09. The standard InChI is InChI=1S/C16H22N4O/c1-16(21)7-4-8-20(11-16)10-13-9-12-5-2-3-6-14(12)18-15(13)19-17/h2-3,5-6,9,21H,4,7-8,10-11,17H2,1H3,(H,18,19). The molecular weight excluding hydrogens is 264 g/mol. The average molecular weight is 286 g/mol. The van der Waals surface area contributed by atoms with E-state index in [0.29, 0.717) is 12.4 Å². The van der Waals surface area contributed by atoms with Gasteiger partial charge in [-0.1, -0.05) is 18.2 Å². The molecule has 2 heterocycles. The monoisotopic (exact) mass is 286 g/mol. The molecular formula is C16H22N4O. The summed E-state index contributed by atoms with van der Waals surface area (Å²) in [5.41, 5.74) is 4.09. The predicted octanol–water partition coefficient (Wildman–Crippen LogP) is 1.87. The van der Waals surface area contributed by atoms with E-state index < -0.39 is 5.60 Å². The first-order valence-electron chi connectivity index (χ1n) is 7.37. The Hall–Kier alpha value is -1.69. The van der Waals surface area contributed by atoms with Crippen LogP contribution in [-0.2, 0) is 6.54 Å². The molecule has 2 aromatic rings. The number of pyridine rings is 1. The molecule has 0 radical (unpaired) electrons. The van der Waals surface area contributed by atoms with Gasteiger partial charge in [-0.05, 0) is 38.4 Å². The van der Waals surface area contributed by atoms with Crippen LogP contribution < -0.4 is 11.3 Å². The first-order valence-corrected chi connectivity index (χ1v) is 7.37. The molecule has 4 N–H and O–H groups in total. The van der Waals surface area contributed by atoms with Gasteiger partial charge < -0.3 is 10.5 Å². The van der Waals surface area contributed by atoms with E-state index in [4.69, 9.17) is 5.84 Å². The van der Waals surface area contributed by atoms with Crippen LogP contribution in [0.15, 0.2) is 30.3 Å². The number of hydrazine groups is 1. The summed E-state index contributed by atoms with van der Waals surface area (Å²) in [7, 11) is 0. The topological polar surface area (TPSA) is 74.4 Å². The fraction of sp³-hybridized carbons (Fsp3) is 0.438. The SMILES string of the molecule is CC1(O)CCCN(Cc2cc3ccccc3nc2NN)C1. The van der Waals surface area contributed by atoms with Crippen LogP contribution in [0.4, 0.5) is 5.82 Å². The number of aromatic nitrogens is 1. The van der Waals surface area contributed by atoms with Gasteiger partial charge in [0.05, 0.1) is 11.1 Å². The van der Waals surface area contributed by atoms with Gasteiger partial charge in [-0.2, -0.15) is 0 Å². The quantitative estimate of drug-likeness (QED) is 0.593. The Morgan fingerprint density at radius 1 is 1.43 bits per heavy atom. The Labute approximate surface area is 124 Å². The molecule has 5 heteroatoms. The molecule has 0 aliphatic carbocycles. The van der Waals surface area contributed by atoms with E-state index in [0.717, 1.165) is 42.4 Å². The van der Waals surface area contributed by atoms with Crippen molar-refractivity contribution in [2.24, 2.45) is 5.84 Å². The molecule has 0 spiro atoms. The summed E-state index contributed by atoms with van der Waals surface area (Å²) in [6, 6.07) is 10.1. The Morgan fingerprint density at radius 2 is 2.24 bits per heavy atom. The zero-order valence-electron chi connectivity index (χ0n) is 12.3. The lowest BCUT2D eigenvalue weighted by atomic mass is 9.95. The second-order valence-corrected chi connectivity index (χ2v) is 6.14. The summed E-state index contributed by atoms with van der Waals surface area (Å²) in [5, 5.41) is 11.3. The van der Waals surface area contributed by atoms with E-state index in [1.54, 1.807) is 0 Å². The predicted molar refractivity (Wildman–Crippen MR) is 84.7 cm³/mol. The van der Waals surface area contributed by atoms with Crippen molar-refractivity contribution < 1.29 is 5.11 Å². The van der Waals surface area contributed by atoms with Crippen molar-refractivity contribution in [1.29, 1.82) is 0 Å². The van der Waals surface area contributed by atoms with Gasteiger partial charge in [0.15, 0.2) is 0 Å². The number of benzene rings is 1. The second-order valence-electron chi connectivity index (χ2n) is 6.14. The third kappa shape index (κ3) is 3.15. The number of para-hydroxylation sites is 1. The molecule has 0 amide bonds. The fourth-order valence-corrected chi connectivity index (χ4v) is 3.10. The molecule has 21 heavy (non-hydrogen) atoms. The van der Waals surface area contributed by atoms with Gasteiger partial charge in [-0.3, -0.25) is 4.90 Å². The summed E-state index contributed by atoms with van der Waals surface area (Å²) >= 11 is 0. The number of nitrogen functional groups attached to an aromatic ring is 1. The van der Waals surface area contributed by atoms with Crippen molar-refractivity contribution >= 4 is 16.7 Å². The average Bonchev–Trinajstić information content (AvgIpc) is 2.45. The molecule has 1 aliphatic heterocycles. The fourth-order valence-electron chi connectivity index (χ4n) is 3.10. The summed E-state index contributed by atoms with van der Waals surface area (Å²) in [4.78, 5) is 6.83. The van der Waals surface area contributed by atoms with Crippen molar-refractivity contribution in [3.05, 3.63) is 35.9 Å². The first kappa shape index (κ1) is 14.3. The number of β-amino-alcohol motifs (C(OH)–C–C–N with tert-alkyl or cyclic N) is 1. The maximum absolute atomic E-state index is 10.2. The normalized spacial score (nSPS) is 23.4. The molecule has 1 aromatic heterocycles. The second kappa shape index (κ2) is 5.60. The van der Waals surface area contributed by atoms with E-state index in [1.165, 1.54) is 0 Å². The molecule has 1 fully saturated rings. The lowest BCUT2D eigenvalue weighted by Gasteiger charge is -2.37. The number of anilines is 1. The van der Waals surface area contributed by atoms with Crippen LogP contribution in [0.5, 0.6) is 0 Å². The van der Waals surface area contributed by atoms with Crippen molar-refractivity contribution in [2.45, 2.75) is 31.9 Å². The number of nitrogens with two attached hydrogens (primary N) is 1. The number of likely N-dealkylation sites (tertiary alicyclic amines) is 1. The highest BCUT2D eigenvalue weighted by Gasteiger charge is 2.28. The van der Waals surface area contributed by atoms with Crippen molar-refractivity contribution in [3.8, 4) is 0 Å². The third-order valence-corrected chi connectivity index (χ3v) is 4.09. The van der Waals surface area contributed by atoms with Gasteiger partial charge in [-0.25, -0.2) is 10.8 Å². The van der Waals surface area contributed by atoms with Crippen LogP contribution >= 0.6 is 0 Å². The molecule has 5 nitrogen and oxygen atoms in total. The van der Waals surface area contributed by atoms with Crippen LogP contribution in [-0.4, -0.2) is 33.7 Å². The van der Waals surface area contributed by atoms with Gasteiger partial charge in [0.2, 0.25) is 0 Å². The van der Waals surface area contributed by atoms with Gasteiger partial charge in [0, 0.05) is 24.0 Å². The van der Waals surface area contributed by atoms with Gasteiger partial charge in [0.25, 0.3) is 0 Å². The summed E-state index contributed by atoms with van der Waals surface area (Å²) < 4.78 is 0. The first-order chi connectivity index (χ1) is 10.1. The zero-order chi connectivity index (χ0) is 14.9. The van der Waals surface area contributed by atoms with Crippen LogP contribution in [0, 0.1) is 0 Å². The van der Waals surface area contributed by atoms with E-state index in [9.17, 15) is 5.11 Å². The van der Waals surface area contributed by atoms with E-state index in [-0.39, 0.29) is 0 Å². The Morgan fingerprint density at radius 3 is 3.00 bits per heavy atom. The molecule has 3 rings (SSSR count). The van der Waals surface area contributed by atoms with E-state index in [2.05, 4.69) is 27.4 Å². The highest BCUT2D eigenvalue weighted by molar-refractivity contribution is 5.81. The molecule has 112 valence electrons. The van der Waals surface area contributed by atoms with Crippen LogP contribution in [0.2, 0.25) is 0 Å². The maximum atomic E-state index is 10.2. The number of fused-ring (bicyclic) bond motifs is 1. The smallest absolute Gasteiger partial charge is 0.145 e. The molecule has 1 aliphatic rings. The summed E-state index contributed by atoms with van der Waals surface area (Å²) in [5.74, 6) is 6.33. The van der Waals surface area contributed by atoms with Crippen LogP contribution in [0.1, 0.15) is 25.3 Å². The maximum Gasteiger partial charge on any atom is 0.145 e. The van der Waals surface area contributed by atoms with Crippen molar-refractivity contribution in [1.82, 2.24) is 9.88 Å². The van der Waals surface area contributed by atoms with Gasteiger partial charge in [0.1, 0.15) is 5.82 Å². The highest BCUT2D eigenvalue weighted by atomic mass is 16.3. The van der Waals surface area contributed by atoms with E-state index in [1.807, 2.05) is 25.1 Å². The minimum atomic E-state index is -0.598. The number of nitrogens with one attached hydrogen (secondary N) is 1. The minimum Gasteiger partial charge on any atom is -0.389 e. The lowest BCUT2D eigenvalue weighted by Crippen LogP contribution is -2.45. The Balaban J connectivity index is 1.88. The molecule has 0 bridgehead atoms. The molecule has 0 saturated carbocycles. The highest BCUT2D eigenvalue weighted by Crippen LogP contribution is 2.25. The number of hydrogen-bond donors (Lipinski definition) is 3. The minimum absolute atomic E-state index is 0.598. The van der Waals surface area contributed by atoms with Crippen molar-refractivity contribution in [2.75, 3.05) is 18.5 Å². The van der Waals surface area contributed by atoms with Crippen molar-refractivity contribution in [3.63, 3.8) is 0 Å². The molecule has 1 saturated heterocycles. The summed E-state index contributed by atoms with van der Waals surface area (Å²) in [6.07, 6.45) is 1.88. The molecule has 1 aromatic carbocycles. The largest absolute Gasteiger partial charge is 0.389 e. The molecule has 1 unspecified atom stereocenters. The number of aliphatic hydroxyl groups is 1. The summed E-state index contributed by atoms with van der Waals surface area (Å²) in [6.45, 7) is 4.32. The number of rotatable bonds is 3. The Bertz CT molecular complexity index is 641. The van der Waals surface area contributed by atoms with E-state index >= 15 is 0 Å². The van der Waals surface area contributed by atoms with Gasteiger partial charge >= 0.3 is 0 Å². The lowest BCUT2D eigenvalue weighted by molar-refractivity contribution is -0.0181. The Kier molecular flexibility index (Phi) is 3.80. The van der Waals surface area contributed by atoms with Crippen LogP contribution in [0.25, 0.3) is 10.9 Å². The molecule has 1 atom stereocenters. The van der Waals surface area contributed by atoms with Gasteiger partial charge in [-0.15, -0.1) is 0 Å². The zero-order valence-corrected chi connectivity index (χ0v) is 12.3.